The van der Waals surface area contributed by atoms with Crippen LogP contribution in [0.25, 0.3) is 0 Å². The lowest BCUT2D eigenvalue weighted by molar-refractivity contribution is 0.0506. The number of methoxy groups -OCH3 is 1. The molecule has 27 heavy (non-hydrogen) atoms. The smallest absolute Gasteiger partial charge is 0.348 e. The third-order valence-corrected chi connectivity index (χ3v) is 5.50. The number of ether oxygens (including phenoxy) is 2. The van der Waals surface area contributed by atoms with E-state index in [0.29, 0.717) is 17.7 Å². The van der Waals surface area contributed by atoms with Gasteiger partial charge >= 0.3 is 11.9 Å². The van der Waals surface area contributed by atoms with Crippen molar-refractivity contribution >= 4 is 45.8 Å². The molecule has 0 bridgehead atoms. The fourth-order valence-corrected chi connectivity index (χ4v) is 3.65. The highest BCUT2D eigenvalue weighted by atomic mass is 35.5. The molecule has 0 aromatic carbocycles. The molecule has 10 heteroatoms. The zero-order valence-corrected chi connectivity index (χ0v) is 17.2. The second kappa shape index (κ2) is 8.53. The predicted octanol–water partition coefficient (Wildman–Crippen LogP) is 3.36. The summed E-state index contributed by atoms with van der Waals surface area (Å²) < 4.78 is 11.4. The molecule has 1 N–H and O–H groups in total. The van der Waals surface area contributed by atoms with E-state index in [1.54, 1.807) is 20.9 Å². The van der Waals surface area contributed by atoms with Crippen LogP contribution in [0.1, 0.15) is 55.1 Å². The van der Waals surface area contributed by atoms with Crippen molar-refractivity contribution in [2.24, 2.45) is 7.05 Å². The van der Waals surface area contributed by atoms with Gasteiger partial charge in [0.05, 0.1) is 30.0 Å². The Morgan fingerprint density at radius 1 is 1.26 bits per heavy atom. The number of anilines is 1. The van der Waals surface area contributed by atoms with Crippen molar-refractivity contribution in [2.75, 3.05) is 19.0 Å². The summed E-state index contributed by atoms with van der Waals surface area (Å²) in [6.07, 6.45) is 0.642. The molecule has 2 aromatic rings. The number of esters is 2. The quantitative estimate of drug-likeness (QED) is 0.729. The van der Waals surface area contributed by atoms with Crippen LogP contribution in [0.2, 0.25) is 5.02 Å². The van der Waals surface area contributed by atoms with Gasteiger partial charge in [0.25, 0.3) is 5.91 Å². The van der Waals surface area contributed by atoms with E-state index in [4.69, 9.17) is 21.1 Å². The van der Waals surface area contributed by atoms with Gasteiger partial charge < -0.3 is 14.8 Å². The van der Waals surface area contributed by atoms with Gasteiger partial charge in [-0.15, -0.1) is 11.3 Å². The molecular formula is C17H20ClN3O5S. The van der Waals surface area contributed by atoms with E-state index >= 15 is 0 Å². The van der Waals surface area contributed by atoms with E-state index in [-0.39, 0.29) is 32.8 Å². The van der Waals surface area contributed by atoms with E-state index in [1.165, 1.54) is 11.8 Å². The summed E-state index contributed by atoms with van der Waals surface area (Å²) in [5, 5.41) is 7.09. The minimum Gasteiger partial charge on any atom is -0.465 e. The van der Waals surface area contributed by atoms with Crippen molar-refractivity contribution in [1.82, 2.24) is 9.78 Å². The Bertz CT molecular complexity index is 903. The van der Waals surface area contributed by atoms with Gasteiger partial charge in [0.15, 0.2) is 5.69 Å². The van der Waals surface area contributed by atoms with Gasteiger partial charge in [-0.1, -0.05) is 18.5 Å². The Balaban J connectivity index is 2.44. The Labute approximate surface area is 165 Å². The van der Waals surface area contributed by atoms with Crippen molar-refractivity contribution in [3.8, 4) is 0 Å². The van der Waals surface area contributed by atoms with E-state index in [9.17, 15) is 14.4 Å². The fraction of sp³-hybridized carbons (Fsp3) is 0.412. The maximum Gasteiger partial charge on any atom is 0.348 e. The second-order valence-corrected chi connectivity index (χ2v) is 7.11. The molecule has 146 valence electrons. The number of amides is 1. The predicted molar refractivity (Wildman–Crippen MR) is 102 cm³/mol. The third-order valence-electron chi connectivity index (χ3n) is 3.86. The molecule has 2 rings (SSSR count). The fourth-order valence-electron chi connectivity index (χ4n) is 2.29. The van der Waals surface area contributed by atoms with Crippen LogP contribution in [0, 0.1) is 13.8 Å². The summed E-state index contributed by atoms with van der Waals surface area (Å²) in [6.45, 7) is 5.41. The molecule has 0 saturated carbocycles. The summed E-state index contributed by atoms with van der Waals surface area (Å²) in [6, 6.07) is 0. The highest BCUT2D eigenvalue weighted by Crippen LogP contribution is 2.35. The first-order chi connectivity index (χ1) is 12.7. The van der Waals surface area contributed by atoms with Crippen molar-refractivity contribution in [3.63, 3.8) is 0 Å². The van der Waals surface area contributed by atoms with Crippen molar-refractivity contribution in [2.45, 2.75) is 27.2 Å². The molecule has 0 unspecified atom stereocenters. The molecule has 0 radical (unpaired) electrons. The summed E-state index contributed by atoms with van der Waals surface area (Å²) in [5.74, 6) is -1.82. The van der Waals surface area contributed by atoms with Crippen molar-refractivity contribution < 1.29 is 23.9 Å². The first-order valence-electron chi connectivity index (χ1n) is 8.12. The normalized spacial score (nSPS) is 10.6. The minimum atomic E-state index is -0.626. The summed E-state index contributed by atoms with van der Waals surface area (Å²) in [5.41, 5.74) is 1.15. The molecule has 0 spiro atoms. The van der Waals surface area contributed by atoms with Crippen LogP contribution in [0.4, 0.5) is 5.00 Å². The number of carbonyl (C=O) groups excluding carboxylic acids is 3. The van der Waals surface area contributed by atoms with Gasteiger partial charge in [0, 0.05) is 7.05 Å². The average Bonchev–Trinajstić information content (AvgIpc) is 3.10. The molecular weight excluding hydrogens is 394 g/mol. The summed E-state index contributed by atoms with van der Waals surface area (Å²) >= 11 is 7.08. The van der Waals surface area contributed by atoms with Crippen molar-refractivity contribution in [3.05, 3.63) is 32.4 Å². The zero-order valence-electron chi connectivity index (χ0n) is 15.6. The number of hydrogen-bond donors (Lipinski definition) is 1. The van der Waals surface area contributed by atoms with Crippen LogP contribution in [0.15, 0.2) is 0 Å². The Hall–Kier alpha value is -2.39. The average molecular weight is 414 g/mol. The number of hydrogen-bond acceptors (Lipinski definition) is 7. The monoisotopic (exact) mass is 413 g/mol. The van der Waals surface area contributed by atoms with Gasteiger partial charge in [0.2, 0.25) is 0 Å². The lowest BCUT2D eigenvalue weighted by Crippen LogP contribution is -2.16. The third kappa shape index (κ3) is 4.14. The summed E-state index contributed by atoms with van der Waals surface area (Å²) in [7, 11) is 2.90. The second-order valence-electron chi connectivity index (χ2n) is 5.71. The topological polar surface area (TPSA) is 99.5 Å². The molecule has 8 nitrogen and oxygen atoms in total. The molecule has 2 aromatic heterocycles. The largest absolute Gasteiger partial charge is 0.465 e. The maximum absolute atomic E-state index is 12.6. The molecule has 2 heterocycles. The number of nitrogens with zero attached hydrogens (tertiary/aromatic N) is 2. The Kier molecular flexibility index (Phi) is 6.61. The number of aromatic nitrogens is 2. The lowest BCUT2D eigenvalue weighted by Gasteiger charge is -2.07. The number of halogens is 1. The molecule has 0 saturated heterocycles. The standard InChI is InChI=1S/C17H20ClN3O5S/c1-6-7-26-16(23)10-8(2)13(17(24)25-5)27-15(10)19-14(22)12-11(18)9(3)21(4)20-12/h6-7H2,1-5H3,(H,19,22). The number of carbonyl (C=O) groups is 3. The van der Waals surface area contributed by atoms with Crippen LogP contribution in [0.3, 0.4) is 0 Å². The number of aryl methyl sites for hydroxylation is 1. The molecule has 0 aliphatic heterocycles. The molecule has 0 atom stereocenters. The van der Waals surface area contributed by atoms with E-state index < -0.39 is 17.8 Å². The first kappa shape index (κ1) is 20.9. The van der Waals surface area contributed by atoms with Crippen LogP contribution < -0.4 is 5.32 Å². The highest BCUT2D eigenvalue weighted by molar-refractivity contribution is 7.18. The molecule has 0 fully saturated rings. The van der Waals surface area contributed by atoms with Crippen LogP contribution >= 0.6 is 22.9 Å². The number of thiophene rings is 1. The minimum absolute atomic E-state index is 0.0233. The van der Waals surface area contributed by atoms with Crippen LogP contribution in [-0.4, -0.2) is 41.3 Å². The SMILES string of the molecule is CCCOC(=O)c1c(NC(=O)c2nn(C)c(C)c2Cl)sc(C(=O)OC)c1C. The summed E-state index contributed by atoms with van der Waals surface area (Å²) in [4.78, 5) is 37.3. The van der Waals surface area contributed by atoms with E-state index in [2.05, 4.69) is 10.4 Å². The first-order valence-corrected chi connectivity index (χ1v) is 9.31. The van der Waals surface area contributed by atoms with E-state index in [0.717, 1.165) is 11.3 Å². The van der Waals surface area contributed by atoms with E-state index in [1.807, 2.05) is 6.92 Å². The van der Waals surface area contributed by atoms with Gasteiger partial charge in [-0.25, -0.2) is 9.59 Å². The Morgan fingerprint density at radius 3 is 2.44 bits per heavy atom. The van der Waals surface area contributed by atoms with Gasteiger partial charge in [-0.3, -0.25) is 9.48 Å². The van der Waals surface area contributed by atoms with Crippen LogP contribution in [0.5, 0.6) is 0 Å². The van der Waals surface area contributed by atoms with Crippen molar-refractivity contribution in [1.29, 1.82) is 0 Å². The van der Waals surface area contributed by atoms with Crippen LogP contribution in [-0.2, 0) is 16.5 Å². The zero-order chi connectivity index (χ0) is 20.3. The van der Waals surface area contributed by atoms with Gasteiger partial charge in [-0.2, -0.15) is 5.10 Å². The molecule has 1 amide bonds. The maximum atomic E-state index is 12.6. The highest BCUT2D eigenvalue weighted by Gasteiger charge is 2.28. The molecule has 0 aliphatic carbocycles. The number of nitrogens with one attached hydrogen (secondary N) is 1. The van der Waals surface area contributed by atoms with Gasteiger partial charge in [0.1, 0.15) is 9.88 Å². The Morgan fingerprint density at radius 2 is 1.93 bits per heavy atom. The van der Waals surface area contributed by atoms with Gasteiger partial charge in [-0.05, 0) is 25.8 Å². The number of rotatable bonds is 6. The molecule has 0 aliphatic rings. The lowest BCUT2D eigenvalue weighted by atomic mass is 10.1.